The standard InChI is InChI=1S/C24H25N3O4/c1-28-18-9-7-17(8-10-18)19-11-12-25-24(26-19)27-20-14-30-23-21(15-31-22(20)23)29-13-16-5-3-2-4-6-16/h2-12,20-23H,13-15H2,1H3,(H,25,26,27)/t20-,21+,22+,23+/m0/s1. The van der Waals surface area contributed by atoms with Gasteiger partial charge in [-0.1, -0.05) is 30.3 Å². The lowest BCUT2D eigenvalue weighted by Gasteiger charge is -2.18. The fourth-order valence-corrected chi connectivity index (χ4v) is 4.02. The smallest absolute Gasteiger partial charge is 0.223 e. The molecule has 2 aliphatic rings. The van der Waals surface area contributed by atoms with E-state index in [-0.39, 0.29) is 24.4 Å². The Bertz CT molecular complexity index is 999. The molecule has 0 bridgehead atoms. The van der Waals surface area contributed by atoms with E-state index >= 15 is 0 Å². The average molecular weight is 419 g/mol. The SMILES string of the molecule is COc1ccc(-c2ccnc(N[C@H]3CO[C@H]4[C@@H]3OC[C@H]4OCc3ccccc3)n2)cc1. The maximum absolute atomic E-state index is 6.08. The first kappa shape index (κ1) is 19.9. The summed E-state index contributed by atoms with van der Waals surface area (Å²) < 4.78 is 23.3. The van der Waals surface area contributed by atoms with Crippen LogP contribution < -0.4 is 10.1 Å². The van der Waals surface area contributed by atoms with E-state index in [0.717, 1.165) is 22.6 Å². The van der Waals surface area contributed by atoms with Crippen molar-refractivity contribution in [2.45, 2.75) is 31.0 Å². The zero-order valence-corrected chi connectivity index (χ0v) is 17.3. The van der Waals surface area contributed by atoms with Crippen LogP contribution in [0.5, 0.6) is 5.75 Å². The normalized spacial score (nSPS) is 24.7. The van der Waals surface area contributed by atoms with Gasteiger partial charge in [0.1, 0.15) is 24.1 Å². The van der Waals surface area contributed by atoms with E-state index in [2.05, 4.69) is 27.4 Å². The highest BCUT2D eigenvalue weighted by molar-refractivity contribution is 5.61. The molecule has 0 aliphatic carbocycles. The zero-order chi connectivity index (χ0) is 21.0. The van der Waals surface area contributed by atoms with Gasteiger partial charge >= 0.3 is 0 Å². The molecule has 7 nitrogen and oxygen atoms in total. The van der Waals surface area contributed by atoms with Crippen molar-refractivity contribution in [3.8, 4) is 17.0 Å². The Morgan fingerprint density at radius 2 is 1.77 bits per heavy atom. The lowest BCUT2D eigenvalue weighted by molar-refractivity contribution is -0.0388. The van der Waals surface area contributed by atoms with Crippen LogP contribution in [0.4, 0.5) is 5.95 Å². The van der Waals surface area contributed by atoms with Crippen LogP contribution in [0.15, 0.2) is 66.9 Å². The number of hydrogen-bond acceptors (Lipinski definition) is 7. The van der Waals surface area contributed by atoms with Crippen LogP contribution in [0.2, 0.25) is 0 Å². The van der Waals surface area contributed by atoms with E-state index in [1.165, 1.54) is 0 Å². The van der Waals surface area contributed by atoms with Crippen molar-refractivity contribution < 1.29 is 18.9 Å². The van der Waals surface area contributed by atoms with Crippen molar-refractivity contribution in [1.29, 1.82) is 0 Å². The first-order valence-corrected chi connectivity index (χ1v) is 10.4. The minimum atomic E-state index is -0.0917. The molecule has 0 spiro atoms. The number of anilines is 1. The van der Waals surface area contributed by atoms with Crippen molar-refractivity contribution in [3.63, 3.8) is 0 Å². The minimum Gasteiger partial charge on any atom is -0.497 e. The van der Waals surface area contributed by atoms with Crippen molar-refractivity contribution in [2.24, 2.45) is 0 Å². The summed E-state index contributed by atoms with van der Waals surface area (Å²) >= 11 is 0. The number of fused-ring (bicyclic) bond motifs is 1. The van der Waals surface area contributed by atoms with E-state index in [1.54, 1.807) is 13.3 Å². The third-order valence-electron chi connectivity index (χ3n) is 5.67. The molecule has 2 aliphatic heterocycles. The second-order valence-corrected chi connectivity index (χ2v) is 7.68. The lowest BCUT2D eigenvalue weighted by Crippen LogP contribution is -2.37. The molecule has 160 valence electrons. The van der Waals surface area contributed by atoms with Crippen molar-refractivity contribution >= 4 is 5.95 Å². The highest BCUT2D eigenvalue weighted by Gasteiger charge is 2.48. The molecule has 2 fully saturated rings. The molecule has 0 saturated carbocycles. The van der Waals surface area contributed by atoms with E-state index in [0.29, 0.717) is 25.8 Å². The maximum Gasteiger partial charge on any atom is 0.223 e. The largest absolute Gasteiger partial charge is 0.497 e. The molecule has 4 atom stereocenters. The highest BCUT2D eigenvalue weighted by atomic mass is 16.6. The molecule has 1 N–H and O–H groups in total. The lowest BCUT2D eigenvalue weighted by atomic mass is 10.1. The van der Waals surface area contributed by atoms with Crippen LogP contribution in [0.25, 0.3) is 11.3 Å². The number of benzene rings is 2. The first-order chi connectivity index (χ1) is 15.3. The van der Waals surface area contributed by atoms with Crippen LogP contribution in [-0.2, 0) is 20.8 Å². The van der Waals surface area contributed by atoms with Gasteiger partial charge in [0.25, 0.3) is 0 Å². The van der Waals surface area contributed by atoms with Crippen molar-refractivity contribution in [1.82, 2.24) is 9.97 Å². The predicted octanol–water partition coefficient (Wildman–Crippen LogP) is 3.32. The monoisotopic (exact) mass is 419 g/mol. The van der Waals surface area contributed by atoms with Gasteiger partial charge < -0.3 is 24.3 Å². The number of rotatable bonds is 7. The third-order valence-corrected chi connectivity index (χ3v) is 5.67. The average Bonchev–Trinajstić information content (AvgIpc) is 3.42. The summed E-state index contributed by atoms with van der Waals surface area (Å²) in [6, 6.07) is 19.8. The number of nitrogens with one attached hydrogen (secondary N) is 1. The molecular formula is C24H25N3O4. The molecule has 5 rings (SSSR count). The van der Waals surface area contributed by atoms with Gasteiger partial charge in [0, 0.05) is 11.8 Å². The van der Waals surface area contributed by atoms with Crippen LogP contribution in [-0.4, -0.2) is 54.6 Å². The molecule has 3 heterocycles. The summed E-state index contributed by atoms with van der Waals surface area (Å²) in [4.78, 5) is 9.05. The quantitative estimate of drug-likeness (QED) is 0.630. The highest BCUT2D eigenvalue weighted by Crippen LogP contribution is 2.31. The summed E-state index contributed by atoms with van der Waals surface area (Å²) in [5, 5.41) is 3.39. The second kappa shape index (κ2) is 9.01. The van der Waals surface area contributed by atoms with Crippen LogP contribution in [0.3, 0.4) is 0 Å². The van der Waals surface area contributed by atoms with Gasteiger partial charge in [-0.15, -0.1) is 0 Å². The van der Waals surface area contributed by atoms with Gasteiger partial charge in [-0.05, 0) is 35.9 Å². The van der Waals surface area contributed by atoms with Crippen LogP contribution in [0.1, 0.15) is 5.56 Å². The summed E-state index contributed by atoms with van der Waals surface area (Å²) in [6.45, 7) is 1.59. The molecule has 0 amide bonds. The predicted molar refractivity (Wildman–Crippen MR) is 116 cm³/mol. The van der Waals surface area contributed by atoms with Gasteiger partial charge in [0.2, 0.25) is 5.95 Å². The summed E-state index contributed by atoms with van der Waals surface area (Å²) in [6.07, 6.45) is 1.49. The van der Waals surface area contributed by atoms with Crippen LogP contribution >= 0.6 is 0 Å². The van der Waals surface area contributed by atoms with Gasteiger partial charge in [0.15, 0.2) is 0 Å². The molecule has 7 heteroatoms. The summed E-state index contributed by atoms with van der Waals surface area (Å²) in [7, 11) is 1.65. The van der Waals surface area contributed by atoms with E-state index in [1.807, 2.05) is 48.5 Å². The molecular weight excluding hydrogens is 394 g/mol. The molecule has 31 heavy (non-hydrogen) atoms. The molecule has 3 aromatic rings. The van der Waals surface area contributed by atoms with Crippen LogP contribution in [0, 0.1) is 0 Å². The fraction of sp³-hybridized carbons (Fsp3) is 0.333. The van der Waals surface area contributed by atoms with E-state index in [9.17, 15) is 0 Å². The van der Waals surface area contributed by atoms with Gasteiger partial charge in [-0.2, -0.15) is 0 Å². The van der Waals surface area contributed by atoms with Crippen molar-refractivity contribution in [2.75, 3.05) is 25.6 Å². The molecule has 1 aromatic heterocycles. The number of ether oxygens (including phenoxy) is 4. The number of nitrogens with zero attached hydrogens (tertiary/aromatic N) is 2. The second-order valence-electron chi connectivity index (χ2n) is 7.68. The van der Waals surface area contributed by atoms with Gasteiger partial charge in [-0.25, -0.2) is 9.97 Å². The third kappa shape index (κ3) is 4.39. The Hall–Kier alpha value is -3.00. The Balaban J connectivity index is 1.21. The van der Waals surface area contributed by atoms with Gasteiger partial charge in [-0.3, -0.25) is 0 Å². The number of aromatic nitrogens is 2. The van der Waals surface area contributed by atoms with Crippen molar-refractivity contribution in [3.05, 3.63) is 72.4 Å². The van der Waals surface area contributed by atoms with E-state index < -0.39 is 0 Å². The zero-order valence-electron chi connectivity index (χ0n) is 17.3. The van der Waals surface area contributed by atoms with E-state index in [4.69, 9.17) is 18.9 Å². The number of hydrogen-bond donors (Lipinski definition) is 1. The number of methoxy groups -OCH3 is 1. The minimum absolute atomic E-state index is 0.0264. The Morgan fingerprint density at radius 1 is 0.968 bits per heavy atom. The summed E-state index contributed by atoms with van der Waals surface area (Å²) in [5.41, 5.74) is 2.98. The fourth-order valence-electron chi connectivity index (χ4n) is 4.02. The Kier molecular flexibility index (Phi) is 5.80. The topological polar surface area (TPSA) is 74.7 Å². The summed E-state index contributed by atoms with van der Waals surface area (Å²) in [5.74, 6) is 1.37. The Morgan fingerprint density at radius 3 is 2.58 bits per heavy atom. The Labute approximate surface area is 181 Å². The molecule has 0 radical (unpaired) electrons. The molecule has 0 unspecified atom stereocenters. The molecule has 2 saturated heterocycles. The first-order valence-electron chi connectivity index (χ1n) is 10.4. The van der Waals surface area contributed by atoms with Gasteiger partial charge in [0.05, 0.1) is 38.7 Å². The maximum atomic E-state index is 6.08. The molecule has 2 aromatic carbocycles.